The van der Waals surface area contributed by atoms with E-state index in [1.807, 2.05) is 0 Å². The van der Waals surface area contributed by atoms with Crippen LogP contribution in [0.3, 0.4) is 0 Å². The number of benzene rings is 1. The molecule has 3 aliphatic rings. The van der Waals surface area contributed by atoms with Gasteiger partial charge in [-0.05, 0) is 60.8 Å². The molecule has 0 radical (unpaired) electrons. The number of alkyl halides is 1. The van der Waals surface area contributed by atoms with Gasteiger partial charge in [-0.3, -0.25) is 0 Å². The lowest BCUT2D eigenvalue weighted by molar-refractivity contribution is 0.177. The van der Waals surface area contributed by atoms with Gasteiger partial charge >= 0.3 is 6.03 Å². The van der Waals surface area contributed by atoms with Crippen molar-refractivity contribution in [3.8, 4) is 5.88 Å². The minimum Gasteiger partial charge on any atom is -0.475 e. The summed E-state index contributed by atoms with van der Waals surface area (Å²) in [6, 6.07) is 1.42. The van der Waals surface area contributed by atoms with Crippen LogP contribution in [0.25, 0.3) is 0 Å². The van der Waals surface area contributed by atoms with Gasteiger partial charge in [0.2, 0.25) is 5.88 Å². The molecular weight excluding hydrogens is 435 g/mol. The van der Waals surface area contributed by atoms with Crippen LogP contribution in [-0.4, -0.2) is 45.9 Å². The van der Waals surface area contributed by atoms with Crippen LogP contribution in [0.5, 0.6) is 5.88 Å². The van der Waals surface area contributed by atoms with Crippen molar-refractivity contribution in [3.63, 3.8) is 0 Å². The molecule has 0 fully saturated rings. The molecule has 4 N–H and O–H groups in total. The van der Waals surface area contributed by atoms with Crippen LogP contribution in [0.15, 0.2) is 21.5 Å². The van der Waals surface area contributed by atoms with Crippen molar-refractivity contribution in [2.45, 2.75) is 56.0 Å². The Hall–Kier alpha value is -2.50. The highest BCUT2D eigenvalue weighted by Crippen LogP contribution is 2.38. The number of carbonyl (C=O) groups excluding carboxylic acids is 1. The molecule has 0 bridgehead atoms. The molecule has 172 valence electrons. The van der Waals surface area contributed by atoms with Crippen LogP contribution in [0.2, 0.25) is 0 Å². The Balaban J connectivity index is 1.39. The van der Waals surface area contributed by atoms with Crippen molar-refractivity contribution in [1.82, 2.24) is 15.1 Å². The maximum Gasteiger partial charge on any atom is 0.354 e. The lowest BCUT2D eigenvalue weighted by Gasteiger charge is -2.25. The second-order valence-electron chi connectivity index (χ2n) is 8.47. The molecule has 0 saturated heterocycles. The van der Waals surface area contributed by atoms with E-state index >= 15 is 0 Å². The van der Waals surface area contributed by atoms with Gasteiger partial charge < -0.3 is 15.4 Å². The molecule has 2 aliphatic carbocycles. The van der Waals surface area contributed by atoms with Gasteiger partial charge in [0.05, 0.1) is 18.8 Å². The van der Waals surface area contributed by atoms with Gasteiger partial charge in [0.15, 0.2) is 9.92 Å². The number of ether oxygens (including phenoxy) is 1. The predicted molar refractivity (Wildman–Crippen MR) is 118 cm³/mol. The Kier molecular flexibility index (Phi) is 5.64. The largest absolute Gasteiger partial charge is 0.475 e. The third kappa shape index (κ3) is 3.89. The van der Waals surface area contributed by atoms with Crippen LogP contribution >= 0.6 is 0 Å². The van der Waals surface area contributed by atoms with E-state index in [2.05, 4.69) is 26.2 Å². The zero-order valence-electron chi connectivity index (χ0n) is 17.7. The smallest absolute Gasteiger partial charge is 0.354 e. The number of rotatable bonds is 5. The number of anilines is 1. The van der Waals surface area contributed by atoms with Gasteiger partial charge in [0.25, 0.3) is 0 Å². The fourth-order valence-corrected chi connectivity index (χ4v) is 5.93. The summed E-state index contributed by atoms with van der Waals surface area (Å²) < 4.78 is 36.6. The van der Waals surface area contributed by atoms with Gasteiger partial charge in [0, 0.05) is 12.2 Å². The van der Waals surface area contributed by atoms with E-state index in [4.69, 9.17) is 9.88 Å². The van der Waals surface area contributed by atoms with Crippen molar-refractivity contribution in [1.29, 1.82) is 0 Å². The number of amides is 2. The van der Waals surface area contributed by atoms with Crippen LogP contribution in [0, 0.1) is 0 Å². The second kappa shape index (κ2) is 8.45. The van der Waals surface area contributed by atoms with Crippen LogP contribution in [-0.2, 0) is 42.1 Å². The lowest BCUT2D eigenvalue weighted by Crippen LogP contribution is -2.42. The number of carbonyl (C=O) groups is 1. The number of aryl methyl sites for hydroxylation is 2. The normalized spacial score (nSPS) is 20.6. The average molecular weight is 463 g/mol. The highest BCUT2D eigenvalue weighted by Gasteiger charge is 2.29. The number of aromatic nitrogens is 2. The summed E-state index contributed by atoms with van der Waals surface area (Å²) in [4.78, 5) is 12.9. The molecule has 11 heteroatoms. The Morgan fingerprint density at radius 1 is 1.28 bits per heavy atom. The summed E-state index contributed by atoms with van der Waals surface area (Å²) >= 11 is 0. The average Bonchev–Trinajstić information content (AvgIpc) is 3.50. The Bertz CT molecular complexity index is 1150. The molecule has 2 heterocycles. The first-order valence-electron chi connectivity index (χ1n) is 11.0. The van der Waals surface area contributed by atoms with E-state index in [9.17, 15) is 13.4 Å². The Labute approximate surface area is 186 Å². The topological polar surface area (TPSA) is 124 Å². The quantitative estimate of drug-likeness (QED) is 0.628. The number of nitrogens with zero attached hydrogens (tertiary/aromatic N) is 3. The van der Waals surface area contributed by atoms with Gasteiger partial charge in [-0.2, -0.15) is 5.10 Å². The summed E-state index contributed by atoms with van der Waals surface area (Å²) in [6.45, 7) is 0.404. The molecule has 1 unspecified atom stereocenters. The number of fused-ring (bicyclic) bond motifs is 3. The number of nitrogens with one attached hydrogen (secondary N) is 2. The van der Waals surface area contributed by atoms with Crippen molar-refractivity contribution >= 4 is 21.6 Å². The monoisotopic (exact) mass is 462 g/mol. The number of halogens is 1. The molecule has 5 rings (SSSR count). The summed E-state index contributed by atoms with van der Waals surface area (Å²) in [5.74, 6) is 0.230. The molecule has 2 amide bonds. The van der Waals surface area contributed by atoms with Gasteiger partial charge in [-0.15, -0.1) is 4.36 Å². The van der Waals surface area contributed by atoms with Crippen LogP contribution < -0.4 is 20.5 Å². The lowest BCUT2D eigenvalue weighted by atomic mass is 9.99. The molecule has 32 heavy (non-hydrogen) atoms. The number of nitrogens with two attached hydrogens (primary N) is 1. The number of hydrogen-bond donors (Lipinski definition) is 3. The first-order valence-corrected chi connectivity index (χ1v) is 12.5. The summed E-state index contributed by atoms with van der Waals surface area (Å²) in [5.41, 5.74) is 5.71. The Morgan fingerprint density at radius 3 is 2.69 bits per heavy atom. The van der Waals surface area contributed by atoms with Gasteiger partial charge in [0.1, 0.15) is 18.2 Å². The first-order chi connectivity index (χ1) is 15.5. The molecule has 1 aliphatic heterocycles. The first kappa shape index (κ1) is 21.4. The van der Waals surface area contributed by atoms with Crippen molar-refractivity contribution < 1.29 is 18.1 Å². The molecule has 0 saturated carbocycles. The maximum atomic E-state index is 13.2. The minimum absolute atomic E-state index is 0.0834. The number of urea groups is 1. The SMILES string of the molecule is NS(=O)(=NC(=O)Nc1c2c(cc3c1CCC3)CCC2)c1cnn2c1OC[C@@H](NCCF)C2. The zero-order chi connectivity index (χ0) is 22.3. The van der Waals surface area contributed by atoms with Crippen LogP contribution in [0.1, 0.15) is 35.1 Å². The molecule has 9 nitrogen and oxygen atoms in total. The summed E-state index contributed by atoms with van der Waals surface area (Å²) in [6.07, 6.45) is 7.30. The van der Waals surface area contributed by atoms with Crippen molar-refractivity contribution in [2.24, 2.45) is 9.50 Å². The maximum absolute atomic E-state index is 13.2. The van der Waals surface area contributed by atoms with Crippen molar-refractivity contribution in [2.75, 3.05) is 25.1 Å². The van der Waals surface area contributed by atoms with E-state index in [1.165, 1.54) is 22.0 Å². The third-order valence-electron chi connectivity index (χ3n) is 6.34. The molecule has 0 spiro atoms. The predicted octanol–water partition coefficient (Wildman–Crippen LogP) is 2.11. The fourth-order valence-electron chi connectivity index (χ4n) is 4.93. The van der Waals surface area contributed by atoms with E-state index < -0.39 is 22.6 Å². The summed E-state index contributed by atoms with van der Waals surface area (Å²) in [5, 5.41) is 16.1. The fraction of sp³-hybridized carbons (Fsp3) is 0.524. The highest BCUT2D eigenvalue weighted by atomic mass is 32.2. The van der Waals surface area contributed by atoms with E-state index in [0.29, 0.717) is 6.54 Å². The standard InChI is InChI=1S/C21H27FN6O3S/c22-7-8-24-15-11-28-20(31-12-15)18(10-25-28)32(23,30)27-21(29)26-19-16-5-1-3-13(16)9-14-4-2-6-17(14)19/h9-10,15,24H,1-8,11-12H2,(H3,23,26,27,29,30)/t15-,32?/m0/s1. The van der Waals surface area contributed by atoms with E-state index in [1.54, 1.807) is 0 Å². The molecule has 1 aromatic heterocycles. The molecule has 1 aromatic carbocycles. The molecule has 2 aromatic rings. The van der Waals surface area contributed by atoms with Crippen molar-refractivity contribution in [3.05, 3.63) is 34.5 Å². The van der Waals surface area contributed by atoms with Crippen LogP contribution in [0.4, 0.5) is 14.9 Å². The zero-order valence-corrected chi connectivity index (χ0v) is 18.5. The third-order valence-corrected chi connectivity index (χ3v) is 7.69. The minimum atomic E-state index is -3.57. The second-order valence-corrected chi connectivity index (χ2v) is 10.2. The molecule has 2 atom stereocenters. The van der Waals surface area contributed by atoms with Gasteiger partial charge in [-0.1, -0.05) is 6.07 Å². The van der Waals surface area contributed by atoms with Gasteiger partial charge in [-0.25, -0.2) is 23.2 Å². The Morgan fingerprint density at radius 2 is 2.00 bits per heavy atom. The number of hydrogen-bond acceptors (Lipinski definition) is 5. The van der Waals surface area contributed by atoms with E-state index in [-0.39, 0.29) is 30.0 Å². The molecular formula is C21H27FN6O3S. The highest BCUT2D eigenvalue weighted by molar-refractivity contribution is 7.91. The summed E-state index contributed by atoms with van der Waals surface area (Å²) in [7, 11) is -3.57. The van der Waals surface area contributed by atoms with E-state index in [0.717, 1.165) is 55.3 Å².